The first-order chi connectivity index (χ1) is 17.9. The number of amides is 2. The largest absolute Gasteiger partial charge is 0.492 e. The Labute approximate surface area is 218 Å². The Kier molecular flexibility index (Phi) is 8.95. The number of pyridine rings is 1. The van der Waals surface area contributed by atoms with Gasteiger partial charge in [-0.05, 0) is 88.0 Å². The van der Waals surface area contributed by atoms with E-state index in [1.54, 1.807) is 0 Å². The van der Waals surface area contributed by atoms with Gasteiger partial charge in [0.2, 0.25) is 0 Å². The summed E-state index contributed by atoms with van der Waals surface area (Å²) in [7, 11) is 4.03. The zero-order chi connectivity index (χ0) is 26.2. The molecular weight excluding hydrogens is 468 g/mol. The van der Waals surface area contributed by atoms with Crippen LogP contribution in [0.3, 0.4) is 0 Å². The topological polar surface area (TPSA) is 104 Å². The van der Waals surface area contributed by atoms with Crippen LogP contribution in [0.15, 0.2) is 54.6 Å². The van der Waals surface area contributed by atoms with Gasteiger partial charge in [0.25, 0.3) is 5.91 Å². The second-order valence-electron chi connectivity index (χ2n) is 10.0. The van der Waals surface area contributed by atoms with Crippen LogP contribution in [0.2, 0.25) is 0 Å². The Bertz CT molecular complexity index is 1200. The molecule has 0 aliphatic heterocycles. The van der Waals surface area contributed by atoms with E-state index in [-0.39, 0.29) is 5.91 Å². The smallest absolute Gasteiger partial charge is 0.404 e. The molecule has 3 aromatic rings. The van der Waals surface area contributed by atoms with Crippen LogP contribution < -0.4 is 15.4 Å². The monoisotopic (exact) mass is 504 g/mol. The van der Waals surface area contributed by atoms with Gasteiger partial charge in [0.15, 0.2) is 0 Å². The number of nitrogens with zero attached hydrogens (tertiary/aromatic N) is 2. The number of fused-ring (bicyclic) bond motifs is 1. The lowest BCUT2D eigenvalue weighted by Crippen LogP contribution is -2.34. The van der Waals surface area contributed by atoms with Gasteiger partial charge in [-0.3, -0.25) is 4.79 Å². The number of benzene rings is 2. The molecule has 0 bridgehead atoms. The number of likely N-dealkylation sites (N-methyl/N-ethyl adjacent to an activating group) is 1. The minimum absolute atomic E-state index is 0.0989. The first kappa shape index (κ1) is 26.4. The third-order valence-corrected chi connectivity index (χ3v) is 6.98. The van der Waals surface area contributed by atoms with E-state index >= 15 is 0 Å². The third kappa shape index (κ3) is 7.43. The van der Waals surface area contributed by atoms with Crippen molar-refractivity contribution in [3.05, 3.63) is 60.2 Å². The Morgan fingerprint density at radius 3 is 2.27 bits per heavy atom. The molecule has 4 rings (SSSR count). The van der Waals surface area contributed by atoms with Crippen LogP contribution in [0.1, 0.15) is 36.0 Å². The number of nitrogens with one attached hydrogen (secondary N) is 2. The van der Waals surface area contributed by atoms with E-state index in [1.807, 2.05) is 68.7 Å². The summed E-state index contributed by atoms with van der Waals surface area (Å²) in [6.45, 7) is 2.58. The van der Waals surface area contributed by atoms with Gasteiger partial charge in [0, 0.05) is 30.6 Å². The average molecular weight is 505 g/mol. The molecule has 2 aromatic carbocycles. The zero-order valence-electron chi connectivity index (χ0n) is 21.6. The van der Waals surface area contributed by atoms with Gasteiger partial charge in [-0.15, -0.1) is 0 Å². The predicted octanol–water partition coefficient (Wildman–Crippen LogP) is 4.65. The van der Waals surface area contributed by atoms with Crippen molar-refractivity contribution in [1.29, 1.82) is 0 Å². The quantitative estimate of drug-likeness (QED) is 0.371. The molecule has 2 amide bonds. The van der Waals surface area contributed by atoms with Crippen LogP contribution in [0.5, 0.6) is 5.75 Å². The molecule has 37 heavy (non-hydrogen) atoms. The first-order valence-corrected chi connectivity index (χ1v) is 12.9. The van der Waals surface area contributed by atoms with Gasteiger partial charge in [0.1, 0.15) is 12.4 Å². The van der Waals surface area contributed by atoms with Crippen LogP contribution in [0, 0.1) is 11.8 Å². The zero-order valence-corrected chi connectivity index (χ0v) is 21.6. The van der Waals surface area contributed by atoms with E-state index < -0.39 is 6.09 Å². The summed E-state index contributed by atoms with van der Waals surface area (Å²) < 4.78 is 5.80. The van der Waals surface area contributed by atoms with Crippen LogP contribution >= 0.6 is 0 Å². The van der Waals surface area contributed by atoms with Crippen molar-refractivity contribution >= 4 is 22.9 Å². The van der Waals surface area contributed by atoms with E-state index in [1.165, 1.54) is 0 Å². The minimum atomic E-state index is -0.970. The molecule has 0 radical (unpaired) electrons. The van der Waals surface area contributed by atoms with Crippen LogP contribution in [0.25, 0.3) is 22.2 Å². The van der Waals surface area contributed by atoms with E-state index in [0.717, 1.165) is 60.1 Å². The van der Waals surface area contributed by atoms with Gasteiger partial charge in [-0.1, -0.05) is 18.2 Å². The van der Waals surface area contributed by atoms with E-state index in [9.17, 15) is 9.59 Å². The highest BCUT2D eigenvalue weighted by atomic mass is 16.5. The van der Waals surface area contributed by atoms with Gasteiger partial charge in [-0.2, -0.15) is 0 Å². The summed E-state index contributed by atoms with van der Waals surface area (Å²) in [6.07, 6.45) is 2.94. The highest BCUT2D eigenvalue weighted by Gasteiger charge is 2.22. The molecule has 0 atom stereocenters. The number of carbonyl (C=O) groups is 2. The van der Waals surface area contributed by atoms with E-state index in [0.29, 0.717) is 37.1 Å². The maximum atomic E-state index is 13.3. The van der Waals surface area contributed by atoms with Crippen molar-refractivity contribution in [1.82, 2.24) is 20.5 Å². The van der Waals surface area contributed by atoms with E-state index in [4.69, 9.17) is 14.8 Å². The minimum Gasteiger partial charge on any atom is -0.492 e. The molecule has 1 heterocycles. The van der Waals surface area contributed by atoms with Crippen LogP contribution in [-0.2, 0) is 0 Å². The van der Waals surface area contributed by atoms with E-state index in [2.05, 4.69) is 15.5 Å². The summed E-state index contributed by atoms with van der Waals surface area (Å²) in [4.78, 5) is 30.9. The highest BCUT2D eigenvalue weighted by Crippen LogP contribution is 2.29. The number of ether oxygens (including phenoxy) is 1. The molecule has 8 heteroatoms. The average Bonchev–Trinajstić information content (AvgIpc) is 2.90. The number of hydrogen-bond acceptors (Lipinski definition) is 5. The Hall–Kier alpha value is -3.65. The van der Waals surface area contributed by atoms with Gasteiger partial charge < -0.3 is 25.4 Å². The number of aromatic nitrogens is 1. The number of hydrogen-bond donors (Lipinski definition) is 3. The normalized spacial score (nSPS) is 17.5. The molecule has 1 saturated carbocycles. The second kappa shape index (κ2) is 12.5. The molecule has 0 saturated heterocycles. The highest BCUT2D eigenvalue weighted by molar-refractivity contribution is 6.07. The summed E-state index contributed by atoms with van der Waals surface area (Å²) in [5.41, 5.74) is 3.07. The fraction of sp³-hybridized carbons (Fsp3) is 0.414. The standard InChI is InChI=1S/C29H36N4O4/c1-33(2)15-16-37-23-13-11-22(12-14-23)27-17-25(24-5-3-4-6-26(24)32-27)28(34)30-18-20-7-9-21(10-8-20)19-31-29(35)36/h3-6,11-14,17,20-21,31H,7-10,15-16,18-19H2,1-2H3,(H,30,34)(H,35,36). The summed E-state index contributed by atoms with van der Waals surface area (Å²) in [6, 6.07) is 17.4. The first-order valence-electron chi connectivity index (χ1n) is 12.9. The molecule has 1 aromatic heterocycles. The molecule has 0 spiro atoms. The molecule has 8 nitrogen and oxygen atoms in total. The number of carboxylic acid groups (broad SMARTS) is 1. The molecule has 196 valence electrons. The molecular formula is C29H36N4O4. The molecule has 1 aliphatic rings. The molecule has 1 aliphatic carbocycles. The molecule has 3 N–H and O–H groups in total. The van der Waals surface area contributed by atoms with Crippen LogP contribution in [0.4, 0.5) is 4.79 Å². The van der Waals surface area contributed by atoms with Crippen molar-refractivity contribution in [2.45, 2.75) is 25.7 Å². The van der Waals surface area contributed by atoms with Gasteiger partial charge in [0.05, 0.1) is 16.8 Å². The summed E-state index contributed by atoms with van der Waals surface area (Å²) >= 11 is 0. The summed E-state index contributed by atoms with van der Waals surface area (Å²) in [5.74, 6) is 1.48. The lowest BCUT2D eigenvalue weighted by atomic mass is 9.82. The maximum absolute atomic E-state index is 13.3. The molecule has 1 fully saturated rings. The predicted molar refractivity (Wildman–Crippen MR) is 145 cm³/mol. The second-order valence-corrected chi connectivity index (χ2v) is 10.0. The number of carbonyl (C=O) groups excluding carboxylic acids is 1. The van der Waals surface area contributed by atoms with Crippen molar-refractivity contribution in [2.75, 3.05) is 40.3 Å². The number of rotatable bonds is 10. The van der Waals surface area contributed by atoms with Gasteiger partial charge >= 0.3 is 6.09 Å². The van der Waals surface area contributed by atoms with Crippen LogP contribution in [-0.4, -0.2) is 67.3 Å². The Balaban J connectivity index is 1.42. The fourth-order valence-corrected chi connectivity index (χ4v) is 4.78. The Morgan fingerprint density at radius 1 is 0.973 bits per heavy atom. The van der Waals surface area contributed by atoms with Crippen molar-refractivity contribution in [3.8, 4) is 17.0 Å². The third-order valence-electron chi connectivity index (χ3n) is 6.98. The Morgan fingerprint density at radius 2 is 1.62 bits per heavy atom. The number of para-hydroxylation sites is 1. The van der Waals surface area contributed by atoms with Crippen molar-refractivity contribution in [2.24, 2.45) is 11.8 Å². The fourth-order valence-electron chi connectivity index (χ4n) is 4.78. The SMILES string of the molecule is CN(C)CCOc1ccc(-c2cc(C(=O)NCC3CCC(CNC(=O)O)CC3)c3ccccc3n2)cc1. The van der Waals surface area contributed by atoms with Crippen molar-refractivity contribution < 1.29 is 19.4 Å². The lowest BCUT2D eigenvalue weighted by Gasteiger charge is -2.28. The summed E-state index contributed by atoms with van der Waals surface area (Å²) in [5, 5.41) is 15.3. The maximum Gasteiger partial charge on any atom is 0.404 e. The molecule has 0 unspecified atom stereocenters. The van der Waals surface area contributed by atoms with Gasteiger partial charge in [-0.25, -0.2) is 9.78 Å². The van der Waals surface area contributed by atoms with Crippen molar-refractivity contribution in [3.63, 3.8) is 0 Å². The lowest BCUT2D eigenvalue weighted by molar-refractivity contribution is 0.0942.